The monoisotopic (exact) mass is 316 g/mol. The van der Waals surface area contributed by atoms with E-state index in [-0.39, 0.29) is 23.2 Å². The number of sulfone groups is 1. The van der Waals surface area contributed by atoms with Gasteiger partial charge in [-0.3, -0.25) is 9.59 Å². The van der Waals surface area contributed by atoms with Gasteiger partial charge in [-0.1, -0.05) is 29.8 Å². The number of benzene rings is 1. The first-order valence-electron chi connectivity index (χ1n) is 7.51. The molecule has 0 unspecified atom stereocenters. The van der Waals surface area contributed by atoms with Gasteiger partial charge in [-0.2, -0.15) is 0 Å². The van der Waals surface area contributed by atoms with Gasteiger partial charge in [0.2, 0.25) is 0 Å². The normalized spacial score (nSPS) is 32.5. The van der Waals surface area contributed by atoms with E-state index in [0.29, 0.717) is 28.9 Å². The molecule has 1 aromatic rings. The molecule has 22 heavy (non-hydrogen) atoms. The third kappa shape index (κ3) is 1.66. The van der Waals surface area contributed by atoms with Crippen molar-refractivity contribution in [2.24, 2.45) is 17.8 Å². The van der Waals surface area contributed by atoms with Crippen LogP contribution in [-0.2, 0) is 9.84 Å². The van der Waals surface area contributed by atoms with E-state index in [1.54, 1.807) is 31.2 Å². The van der Waals surface area contributed by atoms with Crippen LogP contribution in [-0.4, -0.2) is 25.7 Å². The Morgan fingerprint density at radius 1 is 1.00 bits per heavy atom. The van der Waals surface area contributed by atoms with Crippen molar-refractivity contribution in [1.82, 2.24) is 0 Å². The molecule has 114 valence electrons. The molecule has 2 aliphatic carbocycles. The number of Topliss-reactive ketones (excluding diaryl/α,β-unsaturated/α-hetero) is 2. The van der Waals surface area contributed by atoms with E-state index in [1.807, 2.05) is 0 Å². The first-order chi connectivity index (χ1) is 10.4. The minimum atomic E-state index is -3.25. The second kappa shape index (κ2) is 4.38. The SMILES string of the molecule is CC1=C2[C@H](CCS2(=O)=O)[C@@H]2C(=O)c3ccccc3C(=O)[C@@H]2C1. The molecule has 0 radical (unpaired) electrons. The maximum Gasteiger partial charge on any atom is 0.174 e. The Morgan fingerprint density at radius 3 is 2.32 bits per heavy atom. The average molecular weight is 316 g/mol. The minimum Gasteiger partial charge on any atom is -0.294 e. The molecule has 3 atom stereocenters. The van der Waals surface area contributed by atoms with Gasteiger partial charge in [-0.25, -0.2) is 8.42 Å². The number of rotatable bonds is 0. The Morgan fingerprint density at radius 2 is 1.64 bits per heavy atom. The Balaban J connectivity index is 1.91. The third-order valence-electron chi connectivity index (χ3n) is 5.28. The Bertz CT molecular complexity index is 847. The van der Waals surface area contributed by atoms with Crippen molar-refractivity contribution >= 4 is 21.4 Å². The molecule has 1 aliphatic heterocycles. The summed E-state index contributed by atoms with van der Waals surface area (Å²) in [5.41, 5.74) is 1.71. The van der Waals surface area contributed by atoms with Gasteiger partial charge in [0, 0.05) is 33.8 Å². The van der Waals surface area contributed by atoms with Gasteiger partial charge in [0.05, 0.1) is 5.75 Å². The van der Waals surface area contributed by atoms with Gasteiger partial charge in [0.1, 0.15) is 0 Å². The zero-order chi connectivity index (χ0) is 15.6. The first-order valence-corrected chi connectivity index (χ1v) is 9.17. The fourth-order valence-corrected chi connectivity index (χ4v) is 6.55. The molecule has 5 heteroatoms. The summed E-state index contributed by atoms with van der Waals surface area (Å²) in [5, 5.41) is 0. The zero-order valence-corrected chi connectivity index (χ0v) is 13.0. The van der Waals surface area contributed by atoms with Crippen LogP contribution in [0.25, 0.3) is 0 Å². The van der Waals surface area contributed by atoms with Crippen LogP contribution in [0.5, 0.6) is 0 Å². The van der Waals surface area contributed by atoms with E-state index in [9.17, 15) is 18.0 Å². The molecule has 1 heterocycles. The lowest BCUT2D eigenvalue weighted by atomic mass is 9.63. The summed E-state index contributed by atoms with van der Waals surface area (Å²) in [6.45, 7) is 1.79. The maximum atomic E-state index is 12.9. The van der Waals surface area contributed by atoms with E-state index in [1.165, 1.54) is 0 Å². The van der Waals surface area contributed by atoms with Crippen LogP contribution in [0, 0.1) is 17.8 Å². The molecule has 1 saturated heterocycles. The molecule has 0 spiro atoms. The number of fused-ring (bicyclic) bond motifs is 4. The second-order valence-electron chi connectivity index (χ2n) is 6.47. The molecule has 0 N–H and O–H groups in total. The number of allylic oxidation sites excluding steroid dienone is 2. The summed E-state index contributed by atoms with van der Waals surface area (Å²) in [5.74, 6) is -1.19. The lowest BCUT2D eigenvalue weighted by molar-refractivity contribution is 0.0671. The van der Waals surface area contributed by atoms with E-state index < -0.39 is 21.7 Å². The molecule has 1 aromatic carbocycles. The molecule has 0 saturated carbocycles. The van der Waals surface area contributed by atoms with Gasteiger partial charge >= 0.3 is 0 Å². The summed E-state index contributed by atoms with van der Waals surface area (Å²) in [6.07, 6.45) is 0.839. The first kappa shape index (κ1) is 13.9. The second-order valence-corrected chi connectivity index (χ2v) is 8.55. The van der Waals surface area contributed by atoms with Crippen LogP contribution in [0.15, 0.2) is 34.7 Å². The largest absolute Gasteiger partial charge is 0.294 e. The summed E-state index contributed by atoms with van der Waals surface area (Å²) in [4.78, 5) is 26.1. The van der Waals surface area contributed by atoms with Crippen molar-refractivity contribution in [3.05, 3.63) is 45.9 Å². The maximum absolute atomic E-state index is 12.9. The summed E-state index contributed by atoms with van der Waals surface area (Å²) in [6, 6.07) is 6.90. The van der Waals surface area contributed by atoms with Crippen molar-refractivity contribution < 1.29 is 18.0 Å². The highest BCUT2D eigenvalue weighted by Gasteiger charge is 2.53. The number of carbonyl (C=O) groups excluding carboxylic acids is 2. The van der Waals surface area contributed by atoms with Crippen molar-refractivity contribution in [1.29, 1.82) is 0 Å². The van der Waals surface area contributed by atoms with Gasteiger partial charge in [-0.15, -0.1) is 0 Å². The molecule has 4 rings (SSSR count). The third-order valence-corrected chi connectivity index (χ3v) is 7.38. The summed E-state index contributed by atoms with van der Waals surface area (Å²) >= 11 is 0. The molecule has 1 fully saturated rings. The predicted octanol–water partition coefficient (Wildman–Crippen LogP) is 2.41. The van der Waals surface area contributed by atoms with Crippen LogP contribution in [0.2, 0.25) is 0 Å². The molecular weight excluding hydrogens is 300 g/mol. The van der Waals surface area contributed by atoms with Crippen molar-refractivity contribution in [3.63, 3.8) is 0 Å². The van der Waals surface area contributed by atoms with Gasteiger partial charge < -0.3 is 0 Å². The molecule has 3 aliphatic rings. The van der Waals surface area contributed by atoms with E-state index in [0.717, 1.165) is 5.57 Å². The van der Waals surface area contributed by atoms with Crippen LogP contribution < -0.4 is 0 Å². The molecule has 4 nitrogen and oxygen atoms in total. The topological polar surface area (TPSA) is 68.3 Å². The molecule has 0 aromatic heterocycles. The number of carbonyl (C=O) groups is 2. The van der Waals surface area contributed by atoms with Crippen LogP contribution in [0.3, 0.4) is 0 Å². The molecular formula is C17H16O4S. The summed E-state index contributed by atoms with van der Waals surface area (Å²) < 4.78 is 24.5. The van der Waals surface area contributed by atoms with Crippen molar-refractivity contribution in [2.45, 2.75) is 19.8 Å². The fraction of sp³-hybridized carbons (Fsp3) is 0.412. The Hall–Kier alpha value is -1.75. The van der Waals surface area contributed by atoms with Gasteiger partial charge in [0.25, 0.3) is 0 Å². The lowest BCUT2D eigenvalue weighted by Gasteiger charge is -2.38. The van der Waals surface area contributed by atoms with E-state index in [4.69, 9.17) is 0 Å². The highest BCUT2D eigenvalue weighted by molar-refractivity contribution is 7.95. The Labute approximate surface area is 129 Å². The lowest BCUT2D eigenvalue weighted by Crippen LogP contribution is -2.43. The quantitative estimate of drug-likeness (QED) is 0.737. The average Bonchev–Trinajstić information content (AvgIpc) is 2.81. The summed E-state index contributed by atoms with van der Waals surface area (Å²) in [7, 11) is -3.25. The van der Waals surface area contributed by atoms with E-state index >= 15 is 0 Å². The molecule has 0 amide bonds. The number of hydrogen-bond donors (Lipinski definition) is 0. The fourth-order valence-electron chi connectivity index (χ4n) is 4.43. The highest BCUT2D eigenvalue weighted by Crippen LogP contribution is 2.51. The molecule has 0 bridgehead atoms. The van der Waals surface area contributed by atoms with Crippen molar-refractivity contribution in [3.8, 4) is 0 Å². The van der Waals surface area contributed by atoms with Crippen LogP contribution >= 0.6 is 0 Å². The highest BCUT2D eigenvalue weighted by atomic mass is 32.2. The number of ketones is 2. The minimum absolute atomic E-state index is 0.0112. The standard InChI is InChI=1S/C17H16O4S/c1-9-8-13-14(12-6-7-22(20,21)17(9)12)16(19)11-5-3-2-4-10(11)15(13)18/h2-5,12-14H,6-8H2,1H3/t12-,13-,14+/m1/s1. The van der Waals surface area contributed by atoms with Crippen LogP contribution in [0.4, 0.5) is 0 Å². The van der Waals surface area contributed by atoms with Crippen molar-refractivity contribution in [2.75, 3.05) is 5.75 Å². The van der Waals surface area contributed by atoms with Gasteiger partial charge in [0.15, 0.2) is 21.4 Å². The Kier molecular flexibility index (Phi) is 2.77. The van der Waals surface area contributed by atoms with Crippen LogP contribution in [0.1, 0.15) is 40.5 Å². The van der Waals surface area contributed by atoms with Gasteiger partial charge in [-0.05, 0) is 19.8 Å². The van der Waals surface area contributed by atoms with E-state index in [2.05, 4.69) is 0 Å². The predicted molar refractivity (Wildman–Crippen MR) is 81.3 cm³/mol. The zero-order valence-electron chi connectivity index (χ0n) is 12.2. The smallest absolute Gasteiger partial charge is 0.174 e. The number of hydrogen-bond acceptors (Lipinski definition) is 4.